The molecule has 1 heterocycles. The third kappa shape index (κ3) is 2.10. The van der Waals surface area contributed by atoms with E-state index in [0.29, 0.717) is 5.52 Å². The van der Waals surface area contributed by atoms with Crippen molar-refractivity contribution in [1.82, 2.24) is 4.98 Å². The Hall–Kier alpha value is -0.375. The average Bonchev–Trinajstić information content (AvgIpc) is 2.07. The van der Waals surface area contributed by atoms with Crippen molar-refractivity contribution in [2.45, 2.75) is 0 Å². The van der Waals surface area contributed by atoms with E-state index in [9.17, 15) is 5.11 Å². The van der Waals surface area contributed by atoms with Crippen LogP contribution in [0, 0.1) is 0 Å². The van der Waals surface area contributed by atoms with Gasteiger partial charge in [0.25, 0.3) is 0 Å². The van der Waals surface area contributed by atoms with Crippen LogP contribution in [0.2, 0.25) is 0 Å². The van der Waals surface area contributed by atoms with E-state index in [1.807, 2.05) is 42.0 Å². The second-order valence-electron chi connectivity index (χ2n) is 2.80. The molecule has 0 amide bonds. The standard InChI is InChI=1S/C9H6NO.2Li/c11-8-5-1-3-7-4-2-6-10-9(7)8;;/h1-5,11H;;. The van der Waals surface area contributed by atoms with Crippen molar-refractivity contribution in [3.05, 3.63) is 30.3 Å². The fraction of sp³-hybridized carbons (Fsp3) is 0. The van der Waals surface area contributed by atoms with Gasteiger partial charge in [0.1, 0.15) is 0 Å². The first kappa shape index (κ1) is 10.7. The Bertz CT molecular complexity index is 431. The number of hydrogen-bond acceptors (Lipinski definition) is 2. The third-order valence-corrected chi connectivity index (χ3v) is 1.84. The molecule has 0 aliphatic heterocycles. The molecule has 0 unspecified atom stereocenters. The molecule has 0 spiro atoms. The van der Waals surface area contributed by atoms with E-state index >= 15 is 0 Å². The summed E-state index contributed by atoms with van der Waals surface area (Å²) in [6, 6.07) is 9.28. The normalized spacial score (nSPS) is 9.69. The van der Waals surface area contributed by atoms with Crippen LogP contribution in [0.4, 0.5) is 0 Å². The Morgan fingerprint density at radius 2 is 1.92 bits per heavy atom. The second-order valence-corrected chi connectivity index (χ2v) is 2.80. The van der Waals surface area contributed by atoms with Crippen molar-refractivity contribution in [3.8, 4) is 5.75 Å². The first-order chi connectivity index (χ1) is 5.77. The van der Waals surface area contributed by atoms with Gasteiger partial charge < -0.3 is 0 Å². The SMILES string of the molecule is [Li].[Li][c]1ccc2cccc(O)c2n1. The zero-order valence-electron chi connectivity index (χ0n) is 7.78. The summed E-state index contributed by atoms with van der Waals surface area (Å²) < 4.78 is 0.920. The van der Waals surface area contributed by atoms with Crippen molar-refractivity contribution in [2.75, 3.05) is 0 Å². The van der Waals surface area contributed by atoms with Gasteiger partial charge in [-0.15, -0.1) is 0 Å². The maximum absolute atomic E-state index is 9.43. The van der Waals surface area contributed by atoms with Gasteiger partial charge in [0, 0.05) is 18.9 Å². The molecule has 0 atom stereocenters. The van der Waals surface area contributed by atoms with Crippen LogP contribution in [-0.2, 0) is 0 Å². The summed E-state index contributed by atoms with van der Waals surface area (Å²) in [7, 11) is 0. The summed E-state index contributed by atoms with van der Waals surface area (Å²) in [6.45, 7) is 0. The van der Waals surface area contributed by atoms with Crippen LogP contribution in [0.15, 0.2) is 30.3 Å². The Morgan fingerprint density at radius 1 is 1.15 bits per heavy atom. The predicted octanol–water partition coefficient (Wildman–Crippen LogP) is 0.353. The monoisotopic (exact) mass is 158 g/mol. The van der Waals surface area contributed by atoms with E-state index in [1.54, 1.807) is 6.07 Å². The number of benzene rings is 1. The van der Waals surface area contributed by atoms with Crippen molar-refractivity contribution < 1.29 is 5.11 Å². The molecule has 0 aliphatic carbocycles. The topological polar surface area (TPSA) is 33.1 Å². The van der Waals surface area contributed by atoms with Crippen LogP contribution in [0.3, 0.4) is 0 Å². The number of rotatable bonds is 0. The zero-order valence-corrected chi connectivity index (χ0v) is 7.78. The molecule has 2 rings (SSSR count). The average molecular weight is 158 g/mol. The van der Waals surface area contributed by atoms with Crippen LogP contribution in [0.5, 0.6) is 5.75 Å². The first-order valence-electron chi connectivity index (χ1n) is 3.83. The quantitative estimate of drug-likeness (QED) is 0.561. The van der Waals surface area contributed by atoms with E-state index in [-0.39, 0.29) is 24.6 Å². The van der Waals surface area contributed by atoms with Gasteiger partial charge >= 0.3 is 79.2 Å². The number of fused-ring (bicyclic) bond motifs is 1. The molecule has 0 fully saturated rings. The molecule has 0 aliphatic rings. The molecule has 1 N–H and O–H groups in total. The molecule has 1 aromatic carbocycles. The molecular weight excluding hydrogens is 152 g/mol. The Balaban J connectivity index is 0.000000845. The van der Waals surface area contributed by atoms with Crippen molar-refractivity contribution >= 4 is 51.8 Å². The maximum atomic E-state index is 9.43. The number of nitrogens with zero attached hydrogens (tertiary/aromatic N) is 1. The second kappa shape index (κ2) is 4.22. The van der Waals surface area contributed by atoms with Crippen LogP contribution in [0.25, 0.3) is 10.9 Å². The van der Waals surface area contributed by atoms with E-state index in [1.165, 1.54) is 0 Å². The third-order valence-electron chi connectivity index (χ3n) is 1.84. The molecule has 1 aromatic heterocycles. The molecule has 2 nitrogen and oxygen atoms in total. The first-order valence-corrected chi connectivity index (χ1v) is 3.83. The van der Waals surface area contributed by atoms with Crippen LogP contribution < -0.4 is 4.37 Å². The number of phenols is 1. The molecule has 0 bridgehead atoms. The summed E-state index contributed by atoms with van der Waals surface area (Å²) >= 11 is 1.91. The predicted molar refractivity (Wildman–Crippen MR) is 54.5 cm³/mol. The van der Waals surface area contributed by atoms with E-state index in [0.717, 1.165) is 9.75 Å². The number of hydrogen-bond donors (Lipinski definition) is 1. The van der Waals surface area contributed by atoms with Gasteiger partial charge in [-0.05, 0) is 0 Å². The summed E-state index contributed by atoms with van der Waals surface area (Å²) in [4.78, 5) is 4.23. The summed E-state index contributed by atoms with van der Waals surface area (Å²) in [5.41, 5.74) is 0.678. The van der Waals surface area contributed by atoms with Crippen LogP contribution in [-0.4, -0.2) is 46.7 Å². The summed E-state index contributed by atoms with van der Waals surface area (Å²) in [5, 5.41) is 10.4. The molecule has 13 heavy (non-hydrogen) atoms. The number of para-hydroxylation sites is 1. The Labute approximate surface area is 97.7 Å². The number of phenolic OH excluding ortho intramolecular Hbond substituents is 1. The summed E-state index contributed by atoms with van der Waals surface area (Å²) in [6.07, 6.45) is 0. The van der Waals surface area contributed by atoms with E-state index in [2.05, 4.69) is 4.98 Å². The fourth-order valence-corrected chi connectivity index (χ4v) is 1.23. The van der Waals surface area contributed by atoms with Crippen molar-refractivity contribution in [2.24, 2.45) is 0 Å². The molecular formula is C9H6Li2NO. The van der Waals surface area contributed by atoms with Gasteiger partial charge in [0.2, 0.25) is 0 Å². The number of aromatic nitrogens is 1. The minimum absolute atomic E-state index is 0. The molecule has 1 radical (unpaired) electrons. The van der Waals surface area contributed by atoms with Gasteiger partial charge in [0.15, 0.2) is 0 Å². The van der Waals surface area contributed by atoms with Crippen LogP contribution in [0.1, 0.15) is 0 Å². The summed E-state index contributed by atoms with van der Waals surface area (Å²) in [5.74, 6) is 0.246. The van der Waals surface area contributed by atoms with Gasteiger partial charge in [-0.2, -0.15) is 0 Å². The van der Waals surface area contributed by atoms with Crippen molar-refractivity contribution in [1.29, 1.82) is 0 Å². The fourth-order valence-electron chi connectivity index (χ4n) is 1.23. The van der Waals surface area contributed by atoms with Crippen molar-refractivity contribution in [3.63, 3.8) is 0 Å². The van der Waals surface area contributed by atoms with Gasteiger partial charge in [0.05, 0.1) is 0 Å². The zero-order chi connectivity index (χ0) is 8.55. The molecule has 0 saturated carbocycles. The van der Waals surface area contributed by atoms with E-state index < -0.39 is 0 Å². The molecule has 2 aromatic rings. The van der Waals surface area contributed by atoms with E-state index in [4.69, 9.17) is 0 Å². The molecule has 55 valence electrons. The molecule has 4 heteroatoms. The Morgan fingerprint density at radius 3 is 2.69 bits per heavy atom. The van der Waals surface area contributed by atoms with Gasteiger partial charge in [-0.25, -0.2) is 0 Å². The Kier molecular flexibility index (Phi) is 3.48. The van der Waals surface area contributed by atoms with Crippen LogP contribution >= 0.6 is 0 Å². The molecule has 0 saturated heterocycles. The number of aromatic hydroxyl groups is 1. The van der Waals surface area contributed by atoms with Gasteiger partial charge in [-0.1, -0.05) is 0 Å². The minimum atomic E-state index is 0. The number of pyridine rings is 1. The van der Waals surface area contributed by atoms with Gasteiger partial charge in [-0.3, -0.25) is 0 Å².